The van der Waals surface area contributed by atoms with Crippen LogP contribution in [0.5, 0.6) is 0 Å². The Labute approximate surface area is 199 Å². The molecule has 1 unspecified atom stereocenters. The van der Waals surface area contributed by atoms with E-state index < -0.39 is 34.4 Å². The molecule has 11 heteroatoms. The van der Waals surface area contributed by atoms with Crippen molar-refractivity contribution < 1.29 is 23.1 Å². The van der Waals surface area contributed by atoms with Crippen LogP contribution in [0, 0.1) is 30.3 Å². The molecule has 7 nitrogen and oxygen atoms in total. The first-order valence-corrected chi connectivity index (χ1v) is 10.6. The first-order chi connectivity index (χ1) is 15.7. The monoisotopic (exact) mass is 496 g/mol. The van der Waals surface area contributed by atoms with E-state index in [4.69, 9.17) is 0 Å². The molecule has 2 aromatic heterocycles. The van der Waals surface area contributed by atoms with Crippen LogP contribution in [0.1, 0.15) is 29.3 Å². The van der Waals surface area contributed by atoms with Gasteiger partial charge in [0.15, 0.2) is 17.3 Å². The third kappa shape index (κ3) is 4.47. The number of fused-ring (bicyclic) bond motifs is 1. The van der Waals surface area contributed by atoms with E-state index in [9.17, 15) is 23.5 Å². The molecular formula is C23H24ClF3N4O3. The van der Waals surface area contributed by atoms with Crippen LogP contribution in [0.4, 0.5) is 19.0 Å². The topological polar surface area (TPSA) is 87.5 Å². The normalized spacial score (nSPS) is 15.6. The van der Waals surface area contributed by atoms with Crippen molar-refractivity contribution in [3.8, 4) is 5.69 Å². The maximum Gasteiger partial charge on any atom is 0.341 e. The summed E-state index contributed by atoms with van der Waals surface area (Å²) in [5.41, 5.74) is -1.97. The zero-order chi connectivity index (χ0) is 23.9. The molecule has 0 spiro atoms. The molecular weight excluding hydrogens is 473 g/mol. The lowest BCUT2D eigenvalue weighted by Gasteiger charge is -2.22. The van der Waals surface area contributed by atoms with Crippen molar-refractivity contribution in [1.29, 1.82) is 0 Å². The van der Waals surface area contributed by atoms with Crippen LogP contribution in [-0.4, -0.2) is 46.8 Å². The van der Waals surface area contributed by atoms with Gasteiger partial charge in [0.25, 0.3) is 0 Å². The van der Waals surface area contributed by atoms with Gasteiger partial charge in [0.1, 0.15) is 17.2 Å². The number of hydrogen-bond donors (Lipinski definition) is 2. The molecule has 1 aliphatic rings. The number of aryl methyl sites for hydroxylation is 1. The standard InChI is InChI=1S/C23H23F3N4O3.ClH/c1-3-27-9-13-6-7-29(10-13)22-19(26)12(2)18-20(31)15(23(32)33)11-30(21(18)28-22)17-5-4-14(24)8-16(17)25;/h4-5,8,11,13,27H,3,6-7,9-10H2,1-2H3,(H,32,33);1H. The smallest absolute Gasteiger partial charge is 0.341 e. The Bertz CT molecular complexity index is 1320. The number of hydrogen-bond acceptors (Lipinski definition) is 5. The van der Waals surface area contributed by atoms with Crippen molar-refractivity contribution in [1.82, 2.24) is 14.9 Å². The average Bonchev–Trinajstić information content (AvgIpc) is 3.23. The van der Waals surface area contributed by atoms with Crippen LogP contribution >= 0.6 is 12.4 Å². The number of rotatable bonds is 6. The van der Waals surface area contributed by atoms with Crippen LogP contribution in [-0.2, 0) is 0 Å². The number of nitrogens with zero attached hydrogens (tertiary/aromatic N) is 3. The molecule has 4 rings (SSSR count). The minimum atomic E-state index is -1.55. The van der Waals surface area contributed by atoms with Gasteiger partial charge < -0.3 is 15.3 Å². The zero-order valence-corrected chi connectivity index (χ0v) is 19.4. The predicted octanol–water partition coefficient (Wildman–Crippen LogP) is 3.67. The predicted molar refractivity (Wildman–Crippen MR) is 125 cm³/mol. The number of carboxylic acids is 1. The molecule has 1 fully saturated rings. The van der Waals surface area contributed by atoms with Crippen molar-refractivity contribution in [3.63, 3.8) is 0 Å². The Hall–Kier alpha value is -3.11. The van der Waals surface area contributed by atoms with Crippen LogP contribution in [0.15, 0.2) is 29.2 Å². The summed E-state index contributed by atoms with van der Waals surface area (Å²) < 4.78 is 44.6. The summed E-state index contributed by atoms with van der Waals surface area (Å²) >= 11 is 0. The van der Waals surface area contributed by atoms with E-state index in [2.05, 4.69) is 10.3 Å². The molecule has 3 aromatic rings. The number of halogens is 4. The maximum atomic E-state index is 15.4. The van der Waals surface area contributed by atoms with Crippen LogP contribution < -0.4 is 15.6 Å². The molecule has 0 radical (unpaired) electrons. The lowest BCUT2D eigenvalue weighted by atomic mass is 10.1. The summed E-state index contributed by atoms with van der Waals surface area (Å²) in [6.45, 7) is 6.05. The van der Waals surface area contributed by atoms with Crippen molar-refractivity contribution >= 4 is 35.2 Å². The highest BCUT2D eigenvalue weighted by atomic mass is 35.5. The molecule has 0 saturated carbocycles. The van der Waals surface area contributed by atoms with Crippen molar-refractivity contribution in [2.24, 2.45) is 5.92 Å². The number of carboxylic acid groups (broad SMARTS) is 1. The molecule has 3 heterocycles. The highest BCUT2D eigenvalue weighted by molar-refractivity contribution is 5.93. The summed E-state index contributed by atoms with van der Waals surface area (Å²) in [6, 6.07) is 2.76. The second kappa shape index (κ2) is 10.0. The molecule has 0 aliphatic carbocycles. The molecule has 2 N–H and O–H groups in total. The minimum absolute atomic E-state index is 0. The second-order valence-corrected chi connectivity index (χ2v) is 8.12. The van der Waals surface area contributed by atoms with E-state index in [1.54, 1.807) is 4.90 Å². The van der Waals surface area contributed by atoms with Crippen LogP contribution in [0.25, 0.3) is 16.7 Å². The highest BCUT2D eigenvalue weighted by Gasteiger charge is 2.29. The number of benzene rings is 1. The lowest BCUT2D eigenvalue weighted by Crippen LogP contribution is -2.28. The van der Waals surface area contributed by atoms with Gasteiger partial charge in [-0.3, -0.25) is 9.36 Å². The van der Waals surface area contributed by atoms with Gasteiger partial charge in [-0.05, 0) is 44.5 Å². The molecule has 0 amide bonds. The summed E-state index contributed by atoms with van der Waals surface area (Å²) in [6.07, 6.45) is 1.76. The summed E-state index contributed by atoms with van der Waals surface area (Å²) in [7, 11) is 0. The Kier molecular flexibility index (Phi) is 7.52. The highest BCUT2D eigenvalue weighted by Crippen LogP contribution is 2.31. The van der Waals surface area contributed by atoms with E-state index in [1.165, 1.54) is 6.92 Å². The average molecular weight is 497 g/mol. The number of nitrogens with one attached hydrogen (secondary N) is 1. The third-order valence-corrected chi connectivity index (χ3v) is 5.96. The van der Waals surface area contributed by atoms with Gasteiger partial charge in [0.05, 0.1) is 11.1 Å². The molecule has 1 saturated heterocycles. The summed E-state index contributed by atoms with van der Waals surface area (Å²) in [5.74, 6) is -3.77. The maximum absolute atomic E-state index is 15.4. The van der Waals surface area contributed by atoms with Crippen LogP contribution in [0.2, 0.25) is 0 Å². The van der Waals surface area contributed by atoms with Gasteiger partial charge in [-0.2, -0.15) is 0 Å². The fourth-order valence-corrected chi connectivity index (χ4v) is 4.24. The fourth-order valence-electron chi connectivity index (χ4n) is 4.24. The third-order valence-electron chi connectivity index (χ3n) is 5.96. The Balaban J connectivity index is 0.00000324. The van der Waals surface area contributed by atoms with Crippen LogP contribution in [0.3, 0.4) is 0 Å². The van der Waals surface area contributed by atoms with Crippen molar-refractivity contribution in [2.45, 2.75) is 20.3 Å². The zero-order valence-electron chi connectivity index (χ0n) is 18.6. The SMILES string of the molecule is CCNCC1CCN(c2nc3c(c(C)c2F)c(=O)c(C(=O)O)cn3-c2ccc(F)cc2F)C1.Cl. The van der Waals surface area contributed by atoms with E-state index in [0.717, 1.165) is 42.4 Å². The van der Waals surface area contributed by atoms with Gasteiger partial charge in [-0.1, -0.05) is 6.92 Å². The molecule has 182 valence electrons. The molecule has 1 atom stereocenters. The number of aromatic carboxylic acids is 1. The minimum Gasteiger partial charge on any atom is -0.477 e. The van der Waals surface area contributed by atoms with E-state index in [-0.39, 0.29) is 46.4 Å². The Morgan fingerprint density at radius 3 is 2.68 bits per heavy atom. The molecule has 34 heavy (non-hydrogen) atoms. The molecule has 1 aliphatic heterocycles. The first-order valence-electron chi connectivity index (χ1n) is 10.6. The number of carbonyl (C=O) groups is 1. The number of anilines is 1. The van der Waals surface area contributed by atoms with Gasteiger partial charge in [0, 0.05) is 30.9 Å². The second-order valence-electron chi connectivity index (χ2n) is 8.12. The molecule has 0 bridgehead atoms. The molecule has 1 aromatic carbocycles. The fraction of sp³-hybridized carbons (Fsp3) is 0.348. The quantitative estimate of drug-likeness (QED) is 0.541. The number of aromatic nitrogens is 2. The Morgan fingerprint density at radius 2 is 2.03 bits per heavy atom. The first kappa shape index (κ1) is 25.5. The van der Waals surface area contributed by atoms with E-state index in [0.29, 0.717) is 19.2 Å². The van der Waals surface area contributed by atoms with E-state index in [1.807, 2.05) is 6.92 Å². The largest absolute Gasteiger partial charge is 0.477 e. The lowest BCUT2D eigenvalue weighted by molar-refractivity contribution is 0.0695. The Morgan fingerprint density at radius 1 is 1.29 bits per heavy atom. The summed E-state index contributed by atoms with van der Waals surface area (Å²) in [4.78, 5) is 30.7. The van der Waals surface area contributed by atoms with Crippen molar-refractivity contribution in [3.05, 3.63) is 63.2 Å². The van der Waals surface area contributed by atoms with Gasteiger partial charge in [-0.25, -0.2) is 22.9 Å². The van der Waals surface area contributed by atoms with Gasteiger partial charge >= 0.3 is 5.97 Å². The van der Waals surface area contributed by atoms with Crippen molar-refractivity contribution in [2.75, 3.05) is 31.1 Å². The van der Waals surface area contributed by atoms with Gasteiger partial charge in [-0.15, -0.1) is 12.4 Å². The van der Waals surface area contributed by atoms with E-state index >= 15 is 4.39 Å². The summed E-state index contributed by atoms with van der Waals surface area (Å²) in [5, 5.41) is 12.5. The number of pyridine rings is 2. The van der Waals surface area contributed by atoms with Gasteiger partial charge in [0.2, 0.25) is 5.43 Å².